The van der Waals surface area contributed by atoms with Gasteiger partial charge >= 0.3 is 0 Å². The van der Waals surface area contributed by atoms with Crippen molar-refractivity contribution in [1.29, 1.82) is 0 Å². The molecule has 94 valence electrons. The molecule has 0 unspecified atom stereocenters. The van der Waals surface area contributed by atoms with Crippen molar-refractivity contribution in [1.82, 2.24) is 0 Å². The summed E-state index contributed by atoms with van der Waals surface area (Å²) in [5.74, 6) is 0.0970. The molecule has 1 heteroatoms. The van der Waals surface area contributed by atoms with Crippen molar-refractivity contribution in [2.24, 2.45) is 0 Å². The summed E-state index contributed by atoms with van der Waals surface area (Å²) in [6, 6.07) is 19.8. The molecule has 20 heavy (non-hydrogen) atoms. The van der Waals surface area contributed by atoms with Gasteiger partial charge in [-0.05, 0) is 27.5 Å². The predicted molar refractivity (Wildman–Crippen MR) is 82.0 cm³/mol. The van der Waals surface area contributed by atoms with E-state index in [1.54, 1.807) is 0 Å². The Balaban J connectivity index is 2.14. The first-order valence-electron chi connectivity index (χ1n) is 6.62. The van der Waals surface area contributed by atoms with Gasteiger partial charge in [0.1, 0.15) is 0 Å². The van der Waals surface area contributed by atoms with Gasteiger partial charge in [0, 0.05) is 11.1 Å². The number of benzene rings is 3. The molecule has 4 rings (SSSR count). The molecule has 1 aliphatic rings. The van der Waals surface area contributed by atoms with Crippen molar-refractivity contribution < 1.29 is 4.79 Å². The number of carbonyl (C=O) groups excluding carboxylic acids is 1. The molecule has 0 saturated carbocycles. The molecule has 0 atom stereocenters. The largest absolute Gasteiger partial charge is 0.289 e. The molecule has 0 bridgehead atoms. The van der Waals surface area contributed by atoms with Gasteiger partial charge in [0.2, 0.25) is 0 Å². The van der Waals surface area contributed by atoms with Crippen LogP contribution in [-0.2, 0) is 0 Å². The SMILES string of the molecule is C=C1c2ccccc2C(=O)c2c1ccc1ccccc21. The van der Waals surface area contributed by atoms with Crippen molar-refractivity contribution in [3.63, 3.8) is 0 Å². The lowest BCUT2D eigenvalue weighted by Gasteiger charge is -2.22. The third kappa shape index (κ3) is 1.35. The summed E-state index contributed by atoms with van der Waals surface area (Å²) in [6.45, 7) is 4.19. The average Bonchev–Trinajstić information content (AvgIpc) is 2.51. The molecular weight excluding hydrogens is 244 g/mol. The zero-order valence-electron chi connectivity index (χ0n) is 10.9. The first-order chi connectivity index (χ1) is 9.77. The monoisotopic (exact) mass is 256 g/mol. The van der Waals surface area contributed by atoms with E-state index in [1.807, 2.05) is 54.6 Å². The normalized spacial score (nSPS) is 13.2. The smallest absolute Gasteiger partial charge is 0.194 e. The van der Waals surface area contributed by atoms with Gasteiger partial charge in [-0.3, -0.25) is 4.79 Å². The van der Waals surface area contributed by atoms with Crippen LogP contribution < -0.4 is 0 Å². The van der Waals surface area contributed by atoms with Crippen molar-refractivity contribution in [2.45, 2.75) is 0 Å². The summed E-state index contributed by atoms with van der Waals surface area (Å²) >= 11 is 0. The van der Waals surface area contributed by atoms with Crippen LogP contribution >= 0.6 is 0 Å². The van der Waals surface area contributed by atoms with Gasteiger partial charge in [0.25, 0.3) is 0 Å². The quantitative estimate of drug-likeness (QED) is 0.454. The standard InChI is InChI=1S/C19H12O/c1-12-14-7-4-5-9-17(14)19(20)18-15(12)11-10-13-6-2-3-8-16(13)18/h2-11H,1H2. The van der Waals surface area contributed by atoms with E-state index in [9.17, 15) is 4.79 Å². The van der Waals surface area contributed by atoms with E-state index in [0.29, 0.717) is 0 Å². The predicted octanol–water partition coefficient (Wildman–Crippen LogP) is 4.45. The van der Waals surface area contributed by atoms with E-state index in [2.05, 4.69) is 12.6 Å². The van der Waals surface area contributed by atoms with Gasteiger partial charge in [-0.1, -0.05) is 67.2 Å². The van der Waals surface area contributed by atoms with Crippen LogP contribution in [0.1, 0.15) is 27.0 Å². The fourth-order valence-corrected chi connectivity index (χ4v) is 2.99. The van der Waals surface area contributed by atoms with Crippen molar-refractivity contribution in [3.05, 3.63) is 89.5 Å². The summed E-state index contributed by atoms with van der Waals surface area (Å²) in [4.78, 5) is 12.8. The molecule has 0 saturated heterocycles. The molecule has 0 radical (unpaired) electrons. The van der Waals surface area contributed by atoms with Crippen LogP contribution in [0.25, 0.3) is 16.3 Å². The molecule has 0 aliphatic heterocycles. The van der Waals surface area contributed by atoms with Crippen LogP contribution in [-0.4, -0.2) is 5.78 Å². The summed E-state index contributed by atoms with van der Waals surface area (Å²) in [6.07, 6.45) is 0. The first-order valence-corrected chi connectivity index (χ1v) is 6.62. The third-order valence-electron chi connectivity index (χ3n) is 3.98. The molecule has 1 aliphatic carbocycles. The van der Waals surface area contributed by atoms with Crippen LogP contribution in [0.5, 0.6) is 0 Å². The Morgan fingerprint density at radius 1 is 0.700 bits per heavy atom. The summed E-state index contributed by atoms with van der Waals surface area (Å²) in [5.41, 5.74) is 4.36. The summed E-state index contributed by atoms with van der Waals surface area (Å²) < 4.78 is 0. The van der Waals surface area contributed by atoms with Crippen LogP contribution in [0.15, 0.2) is 67.2 Å². The highest BCUT2D eigenvalue weighted by Crippen LogP contribution is 2.37. The van der Waals surface area contributed by atoms with Crippen LogP contribution in [0.4, 0.5) is 0 Å². The second kappa shape index (κ2) is 3.91. The van der Waals surface area contributed by atoms with Gasteiger partial charge < -0.3 is 0 Å². The number of fused-ring (bicyclic) bond motifs is 4. The number of rotatable bonds is 0. The Bertz CT molecular complexity index is 887. The maximum atomic E-state index is 12.8. The molecule has 0 amide bonds. The molecule has 0 heterocycles. The fraction of sp³-hybridized carbons (Fsp3) is 0. The lowest BCUT2D eigenvalue weighted by Crippen LogP contribution is -2.14. The zero-order chi connectivity index (χ0) is 13.7. The minimum absolute atomic E-state index is 0.0970. The molecule has 0 N–H and O–H groups in total. The minimum atomic E-state index is 0.0970. The minimum Gasteiger partial charge on any atom is -0.289 e. The lowest BCUT2D eigenvalue weighted by molar-refractivity contribution is 0.103. The van der Waals surface area contributed by atoms with Gasteiger partial charge in [0.05, 0.1) is 0 Å². The lowest BCUT2D eigenvalue weighted by atomic mass is 9.80. The number of carbonyl (C=O) groups is 1. The average molecular weight is 256 g/mol. The zero-order valence-corrected chi connectivity index (χ0v) is 10.9. The molecule has 0 fully saturated rings. The Labute approximate surface area is 117 Å². The van der Waals surface area contributed by atoms with E-state index in [-0.39, 0.29) is 5.78 Å². The van der Waals surface area contributed by atoms with Crippen molar-refractivity contribution >= 4 is 22.1 Å². The highest BCUT2D eigenvalue weighted by Gasteiger charge is 2.26. The maximum absolute atomic E-state index is 12.8. The van der Waals surface area contributed by atoms with Gasteiger partial charge in [-0.25, -0.2) is 0 Å². The molecule has 0 aromatic heterocycles. The van der Waals surface area contributed by atoms with E-state index < -0.39 is 0 Å². The van der Waals surface area contributed by atoms with E-state index in [0.717, 1.165) is 38.6 Å². The van der Waals surface area contributed by atoms with Crippen LogP contribution in [0.3, 0.4) is 0 Å². The maximum Gasteiger partial charge on any atom is 0.194 e. The fourth-order valence-electron chi connectivity index (χ4n) is 2.99. The second-order valence-corrected chi connectivity index (χ2v) is 5.06. The molecule has 0 spiro atoms. The molecular formula is C19H12O. The van der Waals surface area contributed by atoms with E-state index in [1.165, 1.54) is 0 Å². The van der Waals surface area contributed by atoms with Crippen molar-refractivity contribution in [3.8, 4) is 0 Å². The third-order valence-corrected chi connectivity index (χ3v) is 3.98. The highest BCUT2D eigenvalue weighted by atomic mass is 16.1. The van der Waals surface area contributed by atoms with Gasteiger partial charge in [0.15, 0.2) is 5.78 Å². The number of hydrogen-bond donors (Lipinski definition) is 0. The highest BCUT2D eigenvalue weighted by molar-refractivity contribution is 6.24. The van der Waals surface area contributed by atoms with Crippen molar-refractivity contribution in [2.75, 3.05) is 0 Å². The van der Waals surface area contributed by atoms with Crippen LogP contribution in [0, 0.1) is 0 Å². The summed E-state index contributed by atoms with van der Waals surface area (Å²) in [5, 5.41) is 2.09. The summed E-state index contributed by atoms with van der Waals surface area (Å²) in [7, 11) is 0. The molecule has 3 aromatic carbocycles. The second-order valence-electron chi connectivity index (χ2n) is 5.06. The van der Waals surface area contributed by atoms with E-state index >= 15 is 0 Å². The molecule has 1 nitrogen and oxygen atoms in total. The Kier molecular flexibility index (Phi) is 2.19. The molecule has 3 aromatic rings. The Morgan fingerprint density at radius 3 is 2.25 bits per heavy atom. The number of ketones is 1. The first kappa shape index (κ1) is 11.2. The van der Waals surface area contributed by atoms with Gasteiger partial charge in [-0.2, -0.15) is 0 Å². The van der Waals surface area contributed by atoms with E-state index in [4.69, 9.17) is 0 Å². The Hall–Kier alpha value is -2.67. The Morgan fingerprint density at radius 2 is 1.40 bits per heavy atom. The van der Waals surface area contributed by atoms with Crippen LogP contribution in [0.2, 0.25) is 0 Å². The number of hydrogen-bond acceptors (Lipinski definition) is 1. The topological polar surface area (TPSA) is 17.1 Å². The van der Waals surface area contributed by atoms with Gasteiger partial charge in [-0.15, -0.1) is 0 Å².